The van der Waals surface area contributed by atoms with Gasteiger partial charge < -0.3 is 19.4 Å². The predicted molar refractivity (Wildman–Crippen MR) is 150 cm³/mol. The van der Waals surface area contributed by atoms with Crippen LogP contribution < -0.4 is 14.8 Å². The van der Waals surface area contributed by atoms with Crippen molar-refractivity contribution in [2.75, 3.05) is 6.79 Å². The topological polar surface area (TPSA) is 91.2 Å². The molecule has 0 spiro atoms. The van der Waals surface area contributed by atoms with Crippen LogP contribution >= 0.6 is 27.7 Å². The van der Waals surface area contributed by atoms with Crippen molar-refractivity contribution in [3.8, 4) is 11.5 Å². The fourth-order valence-electron chi connectivity index (χ4n) is 4.48. The SMILES string of the molecule is CCC(Sc1nnc2c3ccccc3n(Cc3ccc(Br)cc3)c2n1)C(=O)NCc1ccc2c(c1)OCO2. The Bertz CT molecular complexity index is 1640. The number of ether oxygens (including phenoxy) is 2. The molecule has 1 aliphatic rings. The van der Waals surface area contributed by atoms with Gasteiger partial charge in [0.1, 0.15) is 5.52 Å². The number of halogens is 1. The van der Waals surface area contributed by atoms with E-state index in [-0.39, 0.29) is 18.0 Å². The number of nitrogens with one attached hydrogen (secondary N) is 1. The molecule has 6 rings (SSSR count). The molecule has 1 aliphatic heterocycles. The molecule has 2 aromatic heterocycles. The van der Waals surface area contributed by atoms with E-state index in [2.05, 4.69) is 54.2 Å². The molecule has 8 nitrogen and oxygen atoms in total. The maximum atomic E-state index is 13.1. The van der Waals surface area contributed by atoms with Gasteiger partial charge in [0.25, 0.3) is 0 Å². The Kier molecular flexibility index (Phi) is 6.90. The number of hydrogen-bond acceptors (Lipinski definition) is 7. The van der Waals surface area contributed by atoms with Crippen LogP contribution in [0, 0.1) is 0 Å². The third-order valence-corrected chi connectivity index (χ3v) is 8.17. The molecule has 0 saturated carbocycles. The molecule has 3 aromatic carbocycles. The molecule has 10 heteroatoms. The van der Waals surface area contributed by atoms with E-state index >= 15 is 0 Å². The van der Waals surface area contributed by atoms with E-state index in [1.807, 2.05) is 55.5 Å². The number of rotatable bonds is 8. The number of benzene rings is 3. The molecule has 0 fully saturated rings. The average Bonchev–Trinajstić information content (AvgIpc) is 3.54. The third-order valence-electron chi connectivity index (χ3n) is 6.42. The van der Waals surface area contributed by atoms with Gasteiger partial charge in [-0.05, 0) is 47.9 Å². The molecule has 0 bridgehead atoms. The number of amides is 1. The Balaban J connectivity index is 1.24. The highest BCUT2D eigenvalue weighted by Gasteiger charge is 2.22. The van der Waals surface area contributed by atoms with Gasteiger partial charge in [0.05, 0.1) is 10.8 Å². The van der Waals surface area contributed by atoms with Crippen LogP contribution in [0.4, 0.5) is 0 Å². The summed E-state index contributed by atoms with van der Waals surface area (Å²) in [6.07, 6.45) is 0.626. The van der Waals surface area contributed by atoms with Crippen LogP contribution in [0.5, 0.6) is 11.5 Å². The van der Waals surface area contributed by atoms with Gasteiger partial charge in [-0.25, -0.2) is 4.98 Å². The number of thioether (sulfide) groups is 1. The largest absolute Gasteiger partial charge is 0.454 e. The number of fused-ring (bicyclic) bond motifs is 4. The molecule has 1 unspecified atom stereocenters. The van der Waals surface area contributed by atoms with E-state index in [1.165, 1.54) is 11.8 Å². The number of hydrogen-bond donors (Lipinski definition) is 1. The lowest BCUT2D eigenvalue weighted by molar-refractivity contribution is -0.120. The van der Waals surface area contributed by atoms with Crippen molar-refractivity contribution in [3.63, 3.8) is 0 Å². The molecule has 5 aromatic rings. The van der Waals surface area contributed by atoms with E-state index < -0.39 is 0 Å². The summed E-state index contributed by atoms with van der Waals surface area (Å²) in [7, 11) is 0. The van der Waals surface area contributed by atoms with Crippen molar-refractivity contribution >= 4 is 55.7 Å². The Morgan fingerprint density at radius 2 is 1.84 bits per heavy atom. The van der Waals surface area contributed by atoms with Crippen LogP contribution in [0.3, 0.4) is 0 Å². The molecule has 1 N–H and O–H groups in total. The molecule has 192 valence electrons. The van der Waals surface area contributed by atoms with Crippen LogP contribution in [0.1, 0.15) is 24.5 Å². The van der Waals surface area contributed by atoms with Crippen LogP contribution in [-0.2, 0) is 17.9 Å². The van der Waals surface area contributed by atoms with E-state index in [1.54, 1.807) is 0 Å². The predicted octanol–water partition coefficient (Wildman–Crippen LogP) is 5.71. The molecule has 1 atom stereocenters. The highest BCUT2D eigenvalue weighted by Crippen LogP contribution is 2.33. The Morgan fingerprint density at radius 1 is 1.05 bits per heavy atom. The minimum atomic E-state index is -0.354. The van der Waals surface area contributed by atoms with Crippen molar-refractivity contribution in [1.82, 2.24) is 25.1 Å². The summed E-state index contributed by atoms with van der Waals surface area (Å²) in [5, 5.41) is 13.1. The molecular formula is C28H24BrN5O3S. The first kappa shape index (κ1) is 24.7. The third kappa shape index (κ3) is 4.93. The minimum absolute atomic E-state index is 0.0747. The summed E-state index contributed by atoms with van der Waals surface area (Å²) >= 11 is 4.84. The highest BCUT2D eigenvalue weighted by atomic mass is 79.9. The van der Waals surface area contributed by atoms with E-state index in [0.717, 1.165) is 43.4 Å². The van der Waals surface area contributed by atoms with Crippen molar-refractivity contribution in [2.24, 2.45) is 0 Å². The molecular weight excluding hydrogens is 566 g/mol. The lowest BCUT2D eigenvalue weighted by Crippen LogP contribution is -2.32. The zero-order valence-corrected chi connectivity index (χ0v) is 23.0. The van der Waals surface area contributed by atoms with E-state index in [9.17, 15) is 4.79 Å². The molecule has 0 radical (unpaired) electrons. The van der Waals surface area contributed by atoms with Gasteiger partial charge in [0.2, 0.25) is 17.9 Å². The van der Waals surface area contributed by atoms with Crippen molar-refractivity contribution in [3.05, 3.63) is 82.3 Å². The summed E-state index contributed by atoms with van der Waals surface area (Å²) < 4.78 is 14.0. The Labute approximate surface area is 231 Å². The fourth-order valence-corrected chi connectivity index (χ4v) is 5.58. The van der Waals surface area contributed by atoms with E-state index in [0.29, 0.717) is 30.4 Å². The summed E-state index contributed by atoms with van der Waals surface area (Å²) in [6.45, 7) is 3.24. The highest BCUT2D eigenvalue weighted by molar-refractivity contribution is 9.10. The van der Waals surface area contributed by atoms with Gasteiger partial charge in [0, 0.05) is 22.9 Å². The second-order valence-corrected chi connectivity index (χ2v) is 11.0. The molecule has 0 aliphatic carbocycles. The lowest BCUT2D eigenvalue weighted by atomic mass is 10.2. The number of nitrogens with zero attached hydrogens (tertiary/aromatic N) is 4. The van der Waals surface area contributed by atoms with Crippen molar-refractivity contribution in [2.45, 2.75) is 36.8 Å². The van der Waals surface area contributed by atoms with Gasteiger partial charge in [-0.1, -0.05) is 71.0 Å². The van der Waals surface area contributed by atoms with Crippen molar-refractivity contribution < 1.29 is 14.3 Å². The summed E-state index contributed by atoms with van der Waals surface area (Å²) in [5.74, 6) is 1.35. The quantitative estimate of drug-likeness (QED) is 0.232. The van der Waals surface area contributed by atoms with Crippen LogP contribution in [-0.4, -0.2) is 37.7 Å². The Morgan fingerprint density at radius 3 is 2.68 bits per heavy atom. The smallest absolute Gasteiger partial charge is 0.233 e. The molecule has 38 heavy (non-hydrogen) atoms. The monoisotopic (exact) mass is 589 g/mol. The second kappa shape index (κ2) is 10.6. The zero-order valence-electron chi connectivity index (χ0n) is 20.6. The van der Waals surface area contributed by atoms with Gasteiger partial charge in [0.15, 0.2) is 17.1 Å². The molecule has 1 amide bonds. The average molecular weight is 591 g/mol. The lowest BCUT2D eigenvalue weighted by Gasteiger charge is -2.14. The van der Waals surface area contributed by atoms with Gasteiger partial charge >= 0.3 is 0 Å². The summed E-state index contributed by atoms with van der Waals surface area (Å²) in [6, 6.07) is 22.0. The molecule has 3 heterocycles. The maximum Gasteiger partial charge on any atom is 0.233 e. The number of aromatic nitrogens is 4. The van der Waals surface area contributed by atoms with Crippen LogP contribution in [0.15, 0.2) is 76.4 Å². The standard InChI is InChI=1S/C28H24BrN5O3S/c1-2-24(27(35)30-14-18-9-12-22-23(13-18)37-16-36-22)38-28-31-26-25(32-33-28)20-5-3-4-6-21(20)34(26)15-17-7-10-19(29)11-8-17/h3-13,24H,2,14-16H2,1H3,(H,30,35). The van der Waals surface area contributed by atoms with E-state index in [4.69, 9.17) is 14.5 Å². The number of carbonyl (C=O) groups is 1. The first-order chi connectivity index (χ1) is 18.6. The summed E-state index contributed by atoms with van der Waals surface area (Å²) in [5.41, 5.74) is 4.64. The summed E-state index contributed by atoms with van der Waals surface area (Å²) in [4.78, 5) is 17.9. The van der Waals surface area contributed by atoms with Gasteiger partial charge in [-0.2, -0.15) is 0 Å². The van der Waals surface area contributed by atoms with Crippen LogP contribution in [0.25, 0.3) is 22.1 Å². The molecule has 0 saturated heterocycles. The first-order valence-corrected chi connectivity index (χ1v) is 14.0. The number of para-hydroxylation sites is 1. The zero-order chi connectivity index (χ0) is 26.1. The van der Waals surface area contributed by atoms with Crippen LogP contribution in [0.2, 0.25) is 0 Å². The van der Waals surface area contributed by atoms with Crippen molar-refractivity contribution in [1.29, 1.82) is 0 Å². The van der Waals surface area contributed by atoms with Gasteiger partial charge in [-0.15, -0.1) is 10.2 Å². The normalized spacial score (nSPS) is 13.2. The number of carbonyl (C=O) groups excluding carboxylic acids is 1. The fraction of sp³-hybridized carbons (Fsp3) is 0.214. The van der Waals surface area contributed by atoms with Gasteiger partial charge in [-0.3, -0.25) is 4.79 Å². The second-order valence-electron chi connectivity index (χ2n) is 8.92. The minimum Gasteiger partial charge on any atom is -0.454 e. The first-order valence-electron chi connectivity index (χ1n) is 12.3. The maximum absolute atomic E-state index is 13.1. The Hall–Kier alpha value is -3.63.